The molecule has 0 saturated carbocycles. The van der Waals surface area contributed by atoms with E-state index in [0.29, 0.717) is 34.3 Å². The summed E-state index contributed by atoms with van der Waals surface area (Å²) in [6.45, 7) is 15.1. The van der Waals surface area contributed by atoms with Crippen molar-refractivity contribution in [3.05, 3.63) is 80.2 Å². The maximum absolute atomic E-state index is 14.3. The molecule has 4 aromatic heterocycles. The number of furan rings is 1. The van der Waals surface area contributed by atoms with Gasteiger partial charge in [0.25, 0.3) is 0 Å². The number of fused-ring (bicyclic) bond motifs is 4. The van der Waals surface area contributed by atoms with E-state index in [4.69, 9.17) is 4.42 Å². The number of hydrogen-bond acceptors (Lipinski definition) is 6. The molecule has 2 atom stereocenters. The summed E-state index contributed by atoms with van der Waals surface area (Å²) >= 11 is 2.64. The molecule has 274 valence electrons. The Hall–Kier alpha value is -2.72. The van der Waals surface area contributed by atoms with Crippen molar-refractivity contribution in [3.8, 4) is 20.4 Å². The Bertz CT molecular complexity index is 2110. The Balaban J connectivity index is 1.36. The van der Waals surface area contributed by atoms with Crippen LogP contribution in [0.25, 0.3) is 20.4 Å². The maximum atomic E-state index is 14.3. The molecule has 8 heteroatoms. The van der Waals surface area contributed by atoms with Crippen LogP contribution in [-0.4, -0.2) is 25.1 Å². The van der Waals surface area contributed by atoms with Gasteiger partial charge < -0.3 is 0 Å². The fourth-order valence-corrected chi connectivity index (χ4v) is 28.9. The Labute approximate surface area is 325 Å². The number of rotatable bonds is 16. The number of amides is 2. The van der Waals surface area contributed by atoms with Gasteiger partial charge in [-0.1, -0.05) is 0 Å². The zero-order valence-electron chi connectivity index (χ0n) is 32.0. The van der Waals surface area contributed by atoms with E-state index in [-0.39, 0.29) is 11.8 Å². The first-order valence-electron chi connectivity index (χ1n) is 19.6. The fraction of sp³-hybridized carbons (Fsp3) is 0.455. The fourth-order valence-electron chi connectivity index (χ4n) is 8.54. The number of aryl methyl sites for hydroxylation is 5. The monoisotopic (exact) mass is 813 g/mol. The van der Waals surface area contributed by atoms with Crippen LogP contribution in [0.5, 0.6) is 0 Å². The molecule has 0 spiro atoms. The van der Waals surface area contributed by atoms with Crippen molar-refractivity contribution in [1.29, 1.82) is 0 Å². The number of nitrogens with zero attached hydrogens (tertiary/aromatic N) is 1. The Kier molecular flexibility index (Phi) is 11.3. The van der Waals surface area contributed by atoms with Crippen molar-refractivity contribution >= 4 is 77.3 Å². The van der Waals surface area contributed by atoms with E-state index in [1.54, 1.807) is 23.8 Å². The molecule has 0 saturated heterocycles. The van der Waals surface area contributed by atoms with Crippen LogP contribution in [0.2, 0.25) is 5.25 Å². The van der Waals surface area contributed by atoms with Crippen LogP contribution >= 0.6 is 34.0 Å². The van der Waals surface area contributed by atoms with E-state index >= 15 is 0 Å². The van der Waals surface area contributed by atoms with Crippen molar-refractivity contribution in [2.75, 3.05) is 4.90 Å². The van der Waals surface area contributed by atoms with Crippen molar-refractivity contribution in [2.24, 2.45) is 5.92 Å². The molecule has 7 rings (SSSR count). The minimum absolute atomic E-state index is 0.283. The summed E-state index contributed by atoms with van der Waals surface area (Å²) in [5.74, 6) is 1.22. The normalized spacial score (nSPS) is 16.9. The van der Waals surface area contributed by atoms with Crippen LogP contribution in [0.4, 0.5) is 5.69 Å². The van der Waals surface area contributed by atoms with E-state index in [9.17, 15) is 9.59 Å². The summed E-state index contributed by atoms with van der Waals surface area (Å²) < 4.78 is 11.3. The first kappa shape index (κ1) is 37.6. The molecule has 0 fully saturated rings. The number of imide groups is 1. The van der Waals surface area contributed by atoms with Gasteiger partial charge in [0.15, 0.2) is 0 Å². The second-order valence-corrected chi connectivity index (χ2v) is 27.5. The van der Waals surface area contributed by atoms with Gasteiger partial charge in [0.05, 0.1) is 0 Å². The van der Waals surface area contributed by atoms with Gasteiger partial charge in [0, 0.05) is 0 Å². The number of unbranched alkanes of at least 4 members (excludes halogenated alkanes) is 5. The predicted octanol–water partition coefficient (Wildman–Crippen LogP) is 11.7. The third kappa shape index (κ3) is 6.56. The first-order chi connectivity index (χ1) is 25.1. The second-order valence-electron chi connectivity index (χ2n) is 15.2. The molecule has 0 aliphatic carbocycles. The van der Waals surface area contributed by atoms with Crippen LogP contribution in [0.15, 0.2) is 46.9 Å². The summed E-state index contributed by atoms with van der Waals surface area (Å²) in [6.07, 6.45) is 13.9. The molecule has 2 unspecified atom stereocenters. The zero-order chi connectivity index (χ0) is 36.7. The van der Waals surface area contributed by atoms with Crippen molar-refractivity contribution in [2.45, 2.75) is 124 Å². The van der Waals surface area contributed by atoms with Gasteiger partial charge in [-0.25, -0.2) is 0 Å². The van der Waals surface area contributed by atoms with E-state index in [1.165, 1.54) is 93.9 Å². The van der Waals surface area contributed by atoms with Gasteiger partial charge in [0.2, 0.25) is 0 Å². The number of anilines is 1. The van der Waals surface area contributed by atoms with Gasteiger partial charge in [0.1, 0.15) is 0 Å². The van der Waals surface area contributed by atoms with Crippen molar-refractivity contribution in [3.63, 3.8) is 0 Å². The van der Waals surface area contributed by atoms with Gasteiger partial charge in [-0.15, -0.1) is 0 Å². The van der Waals surface area contributed by atoms with E-state index in [1.807, 2.05) is 50.3 Å². The van der Waals surface area contributed by atoms with Crippen molar-refractivity contribution in [1.82, 2.24) is 0 Å². The molecule has 6 heterocycles. The summed E-state index contributed by atoms with van der Waals surface area (Å²) in [5, 5.41) is 1.28. The summed E-state index contributed by atoms with van der Waals surface area (Å²) in [5.41, 5.74) is 3.65. The molecule has 1 aromatic carbocycles. The molecule has 2 aliphatic heterocycles. The summed E-state index contributed by atoms with van der Waals surface area (Å²) in [4.78, 5) is 36.3. The molecule has 4 nitrogen and oxygen atoms in total. The number of hydrogen-bond donors (Lipinski definition) is 0. The molecular weight excluding hydrogens is 759 g/mol. The average molecular weight is 813 g/mol. The molecule has 0 N–H and O–H groups in total. The standard InChI is InChI=1S/C44H53GeNO3S3/c1-8-11-14-15-17-31(16-12-9-2)26-45(37-22-21-33(51-37)18-13-10-3)34-24-29(6)50-41(34)42-35(45)25-36(52-42)40-39-38(30(7)49-40)43(47)46(44(39)48)32-20-19-27(4)28(5)23-32/h19-25,31H,8-18,26H2,1-7H3. The molecule has 52 heavy (non-hydrogen) atoms. The van der Waals surface area contributed by atoms with Gasteiger partial charge in [-0.2, -0.15) is 0 Å². The van der Waals surface area contributed by atoms with Gasteiger partial charge in [-0.05, 0) is 0 Å². The van der Waals surface area contributed by atoms with E-state index < -0.39 is 13.3 Å². The van der Waals surface area contributed by atoms with Crippen molar-refractivity contribution < 1.29 is 14.0 Å². The van der Waals surface area contributed by atoms with Crippen LogP contribution in [0.1, 0.15) is 132 Å². The molecule has 0 radical (unpaired) electrons. The van der Waals surface area contributed by atoms with Gasteiger partial charge in [-0.3, -0.25) is 0 Å². The number of carbonyl (C=O) groups is 2. The van der Waals surface area contributed by atoms with Crippen LogP contribution in [0, 0.1) is 33.6 Å². The zero-order valence-corrected chi connectivity index (χ0v) is 36.5. The Morgan fingerprint density at radius 3 is 2.17 bits per heavy atom. The molecular formula is C44H53GeNO3S3. The average Bonchev–Trinajstić information content (AvgIpc) is 3.97. The van der Waals surface area contributed by atoms with E-state index in [2.05, 4.69) is 63.3 Å². The molecule has 5 aromatic rings. The van der Waals surface area contributed by atoms with Crippen LogP contribution < -0.4 is 17.4 Å². The minimum atomic E-state index is -3.20. The number of benzene rings is 1. The molecule has 2 aliphatic rings. The third-order valence-electron chi connectivity index (χ3n) is 11.5. The third-order valence-corrected chi connectivity index (χ3v) is 28.1. The molecule has 2 amide bonds. The second kappa shape index (κ2) is 15.6. The first-order valence-corrected chi connectivity index (χ1v) is 26.6. The van der Waals surface area contributed by atoms with E-state index in [0.717, 1.165) is 22.4 Å². The van der Waals surface area contributed by atoms with Gasteiger partial charge >= 0.3 is 327 Å². The quantitative estimate of drug-likeness (QED) is 0.0566. The summed E-state index contributed by atoms with van der Waals surface area (Å²) in [6, 6.07) is 15.7. The van der Waals surface area contributed by atoms with Crippen LogP contribution in [0.3, 0.4) is 0 Å². The predicted molar refractivity (Wildman–Crippen MR) is 226 cm³/mol. The molecule has 0 bridgehead atoms. The topological polar surface area (TPSA) is 50.5 Å². The van der Waals surface area contributed by atoms with Crippen LogP contribution in [-0.2, 0) is 6.42 Å². The SMILES string of the molecule is CCCCCCC(CCCC)[CH2][Ge]1([c]2ccc(CCCC)s2)[c]2cc(C)sc2-c2sc(-c3oc(C)c4c3C(=O)N(c3ccc(C)c(C)c3)C4=O)c[c]21. The summed E-state index contributed by atoms with van der Waals surface area (Å²) in [7, 11) is 0. The Morgan fingerprint density at radius 2 is 1.42 bits per heavy atom. The number of carbonyl (C=O) groups excluding carboxylic acids is 2. The Morgan fingerprint density at radius 1 is 0.712 bits per heavy atom. The number of thiophene rings is 3.